The van der Waals surface area contributed by atoms with Crippen LogP contribution >= 0.6 is 0 Å². The Bertz CT molecular complexity index is 552. The molecule has 7 nitrogen and oxygen atoms in total. The predicted octanol–water partition coefficient (Wildman–Crippen LogP) is 2.35. The zero-order valence-electron chi connectivity index (χ0n) is 14.4. The molecule has 2 saturated heterocycles. The van der Waals surface area contributed by atoms with Gasteiger partial charge >= 0.3 is 6.09 Å². The number of rotatable bonds is 2. The molecule has 23 heavy (non-hydrogen) atoms. The summed E-state index contributed by atoms with van der Waals surface area (Å²) in [6.45, 7) is 9.84. The Hall–Kier alpha value is -1.63. The topological polar surface area (TPSA) is 71.7 Å². The summed E-state index contributed by atoms with van der Waals surface area (Å²) in [5, 5.41) is 7.95. The predicted molar refractivity (Wildman–Crippen MR) is 83.8 cm³/mol. The lowest BCUT2D eigenvalue weighted by Crippen LogP contribution is -2.62. The lowest BCUT2D eigenvalue weighted by atomic mass is 9.91. The lowest BCUT2D eigenvalue weighted by Gasteiger charge is -2.49. The van der Waals surface area contributed by atoms with Gasteiger partial charge < -0.3 is 9.15 Å². The Balaban J connectivity index is 1.67. The Labute approximate surface area is 137 Å². The molecule has 2 bridgehead atoms. The van der Waals surface area contributed by atoms with Gasteiger partial charge in [-0.3, -0.25) is 9.80 Å². The molecule has 0 aliphatic carbocycles. The number of likely N-dealkylation sites (tertiary alicyclic amines) is 1. The SMILES string of the molecule is Cc1nnc(CN2CC3CCCC(C2)N3C(=O)OC(C)(C)C)o1. The summed E-state index contributed by atoms with van der Waals surface area (Å²) >= 11 is 0. The Morgan fingerprint density at radius 3 is 2.43 bits per heavy atom. The molecule has 2 atom stereocenters. The first kappa shape index (κ1) is 16.2. The number of ether oxygens (including phenoxy) is 1. The molecule has 0 spiro atoms. The van der Waals surface area contributed by atoms with E-state index in [0.29, 0.717) is 18.3 Å². The summed E-state index contributed by atoms with van der Waals surface area (Å²) < 4.78 is 11.1. The van der Waals surface area contributed by atoms with Crippen LogP contribution in [-0.2, 0) is 11.3 Å². The second-order valence-corrected chi connectivity index (χ2v) is 7.54. The number of amides is 1. The lowest BCUT2D eigenvalue weighted by molar-refractivity contribution is -0.0402. The van der Waals surface area contributed by atoms with Crippen molar-refractivity contribution in [2.24, 2.45) is 0 Å². The van der Waals surface area contributed by atoms with Crippen molar-refractivity contribution in [3.05, 3.63) is 11.8 Å². The van der Waals surface area contributed by atoms with Crippen molar-refractivity contribution in [2.45, 2.75) is 71.2 Å². The largest absolute Gasteiger partial charge is 0.444 e. The highest BCUT2D eigenvalue weighted by atomic mass is 16.6. The van der Waals surface area contributed by atoms with Crippen molar-refractivity contribution >= 4 is 6.09 Å². The minimum atomic E-state index is -0.455. The summed E-state index contributed by atoms with van der Waals surface area (Å²) in [6.07, 6.45) is 3.03. The fourth-order valence-electron chi connectivity index (χ4n) is 3.53. The molecular weight excluding hydrogens is 296 g/mol. The first-order chi connectivity index (χ1) is 10.8. The summed E-state index contributed by atoms with van der Waals surface area (Å²) in [5.74, 6) is 1.24. The minimum Gasteiger partial charge on any atom is -0.444 e. The number of nitrogens with zero attached hydrogens (tertiary/aromatic N) is 4. The van der Waals surface area contributed by atoms with Crippen molar-refractivity contribution in [3.8, 4) is 0 Å². The third-order valence-electron chi connectivity index (χ3n) is 4.33. The molecule has 0 saturated carbocycles. The van der Waals surface area contributed by atoms with Gasteiger partial charge in [-0.15, -0.1) is 10.2 Å². The summed E-state index contributed by atoms with van der Waals surface area (Å²) in [4.78, 5) is 16.8. The minimum absolute atomic E-state index is 0.180. The number of fused-ring (bicyclic) bond motifs is 2. The van der Waals surface area contributed by atoms with E-state index >= 15 is 0 Å². The maximum Gasteiger partial charge on any atom is 0.410 e. The van der Waals surface area contributed by atoms with Gasteiger partial charge in [0.1, 0.15) is 5.60 Å². The first-order valence-electron chi connectivity index (χ1n) is 8.34. The third-order valence-corrected chi connectivity index (χ3v) is 4.33. The molecule has 1 aromatic rings. The average Bonchev–Trinajstić information content (AvgIpc) is 2.81. The molecule has 128 valence electrons. The summed E-state index contributed by atoms with van der Waals surface area (Å²) in [7, 11) is 0. The van der Waals surface area contributed by atoms with Crippen LogP contribution in [0.2, 0.25) is 0 Å². The van der Waals surface area contributed by atoms with Gasteiger partial charge in [0.15, 0.2) is 0 Å². The van der Waals surface area contributed by atoms with Gasteiger partial charge in [-0.2, -0.15) is 0 Å². The van der Waals surface area contributed by atoms with Crippen molar-refractivity contribution in [1.29, 1.82) is 0 Å². The molecule has 1 aromatic heterocycles. The first-order valence-corrected chi connectivity index (χ1v) is 8.34. The van der Waals surface area contributed by atoms with Crippen LogP contribution in [0.1, 0.15) is 51.8 Å². The molecule has 2 unspecified atom stereocenters. The average molecular weight is 322 g/mol. The number of carbonyl (C=O) groups excluding carboxylic acids is 1. The fraction of sp³-hybridized carbons (Fsp3) is 0.812. The molecule has 2 aliphatic heterocycles. The summed E-state index contributed by atoms with van der Waals surface area (Å²) in [5.41, 5.74) is -0.455. The van der Waals surface area contributed by atoms with Crippen LogP contribution in [0.4, 0.5) is 4.79 Å². The molecular formula is C16H26N4O3. The zero-order valence-corrected chi connectivity index (χ0v) is 14.4. The monoisotopic (exact) mass is 322 g/mol. The molecule has 1 amide bonds. The third kappa shape index (κ3) is 3.83. The number of hydrogen-bond acceptors (Lipinski definition) is 6. The summed E-state index contributed by atoms with van der Waals surface area (Å²) in [6, 6.07) is 0.419. The van der Waals surface area contributed by atoms with Crippen LogP contribution in [0.15, 0.2) is 4.42 Å². The fourth-order valence-corrected chi connectivity index (χ4v) is 3.53. The van der Waals surface area contributed by atoms with Crippen LogP contribution in [-0.4, -0.2) is 56.9 Å². The van der Waals surface area contributed by atoms with Gasteiger partial charge in [0.25, 0.3) is 0 Å². The van der Waals surface area contributed by atoms with Crippen molar-refractivity contribution in [1.82, 2.24) is 20.0 Å². The van der Waals surface area contributed by atoms with E-state index in [0.717, 1.165) is 25.9 Å². The molecule has 0 radical (unpaired) electrons. The number of aryl methyl sites for hydroxylation is 1. The van der Waals surface area contributed by atoms with E-state index in [-0.39, 0.29) is 18.2 Å². The number of carbonyl (C=O) groups is 1. The van der Waals surface area contributed by atoms with Gasteiger partial charge in [0, 0.05) is 32.1 Å². The van der Waals surface area contributed by atoms with E-state index in [9.17, 15) is 4.79 Å². The van der Waals surface area contributed by atoms with Crippen molar-refractivity contribution < 1.29 is 13.9 Å². The van der Waals surface area contributed by atoms with E-state index in [1.54, 1.807) is 6.92 Å². The number of piperidine rings is 1. The van der Waals surface area contributed by atoms with Crippen molar-refractivity contribution in [3.63, 3.8) is 0 Å². The number of aromatic nitrogens is 2. The maximum atomic E-state index is 12.5. The normalized spacial score (nSPS) is 25.5. The quantitative estimate of drug-likeness (QED) is 0.832. The molecule has 2 aliphatic rings. The van der Waals surface area contributed by atoms with Gasteiger partial charge in [0.05, 0.1) is 6.54 Å². The standard InChI is InChI=1S/C16H26N4O3/c1-11-17-18-14(22-11)10-19-8-12-6-5-7-13(9-19)20(12)15(21)23-16(2,3)4/h12-13H,5-10H2,1-4H3. The van der Waals surface area contributed by atoms with E-state index in [2.05, 4.69) is 15.1 Å². The smallest absolute Gasteiger partial charge is 0.410 e. The highest BCUT2D eigenvalue weighted by Gasteiger charge is 2.42. The van der Waals surface area contributed by atoms with Gasteiger partial charge in [0.2, 0.25) is 11.8 Å². The molecule has 0 N–H and O–H groups in total. The molecule has 7 heteroatoms. The Morgan fingerprint density at radius 1 is 1.26 bits per heavy atom. The second-order valence-electron chi connectivity index (χ2n) is 7.54. The molecule has 2 fully saturated rings. The van der Waals surface area contributed by atoms with Gasteiger partial charge in [-0.1, -0.05) is 0 Å². The van der Waals surface area contributed by atoms with Crippen LogP contribution in [0.5, 0.6) is 0 Å². The van der Waals surface area contributed by atoms with Crippen LogP contribution in [0, 0.1) is 6.92 Å². The highest BCUT2D eigenvalue weighted by molar-refractivity contribution is 5.69. The van der Waals surface area contributed by atoms with Gasteiger partial charge in [-0.05, 0) is 40.0 Å². The molecule has 0 aromatic carbocycles. The van der Waals surface area contributed by atoms with E-state index in [1.165, 1.54) is 6.42 Å². The van der Waals surface area contributed by atoms with Gasteiger partial charge in [-0.25, -0.2) is 4.79 Å². The van der Waals surface area contributed by atoms with Crippen LogP contribution < -0.4 is 0 Å². The number of hydrogen-bond donors (Lipinski definition) is 0. The highest BCUT2D eigenvalue weighted by Crippen LogP contribution is 2.30. The Kier molecular flexibility index (Phi) is 4.31. The molecule has 3 rings (SSSR count). The van der Waals surface area contributed by atoms with E-state index < -0.39 is 5.60 Å². The van der Waals surface area contributed by atoms with E-state index in [1.807, 2.05) is 25.7 Å². The van der Waals surface area contributed by atoms with Crippen molar-refractivity contribution in [2.75, 3.05) is 13.1 Å². The van der Waals surface area contributed by atoms with E-state index in [4.69, 9.17) is 9.15 Å². The van der Waals surface area contributed by atoms with Crippen LogP contribution in [0.3, 0.4) is 0 Å². The number of piperazine rings is 1. The zero-order chi connectivity index (χ0) is 16.6. The van der Waals surface area contributed by atoms with Crippen LogP contribution in [0.25, 0.3) is 0 Å². The maximum absolute atomic E-state index is 12.5. The second kappa shape index (κ2) is 6.11. The Morgan fingerprint density at radius 2 is 1.91 bits per heavy atom. The molecule has 3 heterocycles.